The van der Waals surface area contributed by atoms with Crippen LogP contribution in [-0.4, -0.2) is 5.78 Å². The van der Waals surface area contributed by atoms with Crippen LogP contribution in [0.4, 0.5) is 0 Å². The van der Waals surface area contributed by atoms with Gasteiger partial charge in [-0.3, -0.25) is 4.79 Å². The fraction of sp³-hybridized carbons (Fsp3) is 0.533. The van der Waals surface area contributed by atoms with Gasteiger partial charge in [-0.05, 0) is 42.2 Å². The summed E-state index contributed by atoms with van der Waals surface area (Å²) in [6.45, 7) is 2.10. The molecule has 0 amide bonds. The maximum absolute atomic E-state index is 11.6. The van der Waals surface area contributed by atoms with Gasteiger partial charge in [0, 0.05) is 12.3 Å². The zero-order valence-corrected chi connectivity index (χ0v) is 9.83. The van der Waals surface area contributed by atoms with Crippen molar-refractivity contribution in [1.82, 2.24) is 0 Å². The van der Waals surface area contributed by atoms with Crippen molar-refractivity contribution >= 4 is 5.78 Å². The molecule has 0 N–H and O–H groups in total. The third-order valence-electron chi connectivity index (χ3n) is 4.44. The Kier molecular flexibility index (Phi) is 2.17. The summed E-state index contributed by atoms with van der Waals surface area (Å²) < 4.78 is 0. The van der Waals surface area contributed by atoms with Crippen molar-refractivity contribution in [1.29, 1.82) is 0 Å². The van der Waals surface area contributed by atoms with Crippen LogP contribution in [0.3, 0.4) is 0 Å². The Balaban J connectivity index is 1.87. The van der Waals surface area contributed by atoms with Gasteiger partial charge in [-0.25, -0.2) is 0 Å². The molecule has 2 aliphatic rings. The minimum absolute atomic E-state index is 0.281. The number of Topliss-reactive ketones (excluding diaryl/α,β-unsaturated/α-hetero) is 1. The molecule has 16 heavy (non-hydrogen) atoms. The largest absolute Gasteiger partial charge is 0.299 e. The van der Waals surface area contributed by atoms with Crippen molar-refractivity contribution in [3.05, 3.63) is 35.4 Å². The van der Waals surface area contributed by atoms with Crippen molar-refractivity contribution in [3.63, 3.8) is 0 Å². The average Bonchev–Trinajstić information content (AvgIpc) is 2.62. The number of fused-ring (bicyclic) bond motifs is 1. The molecule has 1 heteroatoms. The van der Waals surface area contributed by atoms with Crippen LogP contribution in [0.5, 0.6) is 0 Å². The summed E-state index contributed by atoms with van der Waals surface area (Å²) >= 11 is 0. The summed E-state index contributed by atoms with van der Waals surface area (Å²) in [5.74, 6) is 0.754. The second-order valence-electron chi connectivity index (χ2n) is 5.69. The number of ketones is 1. The molecule has 1 nitrogen and oxygen atoms in total. The molecule has 1 atom stereocenters. The maximum Gasteiger partial charge on any atom is 0.135 e. The van der Waals surface area contributed by atoms with Crippen LogP contribution >= 0.6 is 0 Å². The van der Waals surface area contributed by atoms with E-state index in [4.69, 9.17) is 0 Å². The minimum atomic E-state index is 0.281. The Labute approximate surface area is 96.9 Å². The number of benzene rings is 1. The lowest BCUT2D eigenvalue weighted by Crippen LogP contribution is -2.33. The Bertz CT molecular complexity index is 408. The van der Waals surface area contributed by atoms with Crippen molar-refractivity contribution < 1.29 is 4.79 Å². The summed E-state index contributed by atoms with van der Waals surface area (Å²) in [4.78, 5) is 11.6. The maximum atomic E-state index is 11.6. The highest BCUT2D eigenvalue weighted by atomic mass is 16.1. The van der Waals surface area contributed by atoms with Crippen LogP contribution in [-0.2, 0) is 17.6 Å². The molecule has 3 rings (SSSR count). The summed E-state index contributed by atoms with van der Waals surface area (Å²) in [5.41, 5.74) is 3.45. The number of hydrogen-bond donors (Lipinski definition) is 0. The van der Waals surface area contributed by atoms with Crippen LogP contribution in [0.15, 0.2) is 24.3 Å². The van der Waals surface area contributed by atoms with Crippen molar-refractivity contribution in [3.8, 4) is 0 Å². The molecule has 1 unspecified atom stereocenters. The van der Waals surface area contributed by atoms with Gasteiger partial charge in [0.2, 0.25) is 0 Å². The van der Waals surface area contributed by atoms with E-state index in [1.807, 2.05) is 0 Å². The molecule has 0 saturated heterocycles. The first-order valence-corrected chi connectivity index (χ1v) is 6.28. The fourth-order valence-electron chi connectivity index (χ4n) is 3.59. The molecule has 2 aliphatic carbocycles. The van der Waals surface area contributed by atoms with Gasteiger partial charge >= 0.3 is 0 Å². The monoisotopic (exact) mass is 214 g/mol. The molecule has 0 radical (unpaired) electrons. The van der Waals surface area contributed by atoms with Crippen LogP contribution < -0.4 is 0 Å². The summed E-state index contributed by atoms with van der Waals surface area (Å²) in [5, 5.41) is 0. The molecule has 0 aromatic heterocycles. The molecule has 0 aliphatic heterocycles. The molecule has 1 fully saturated rings. The van der Waals surface area contributed by atoms with Crippen molar-refractivity contribution in [2.45, 2.75) is 39.0 Å². The van der Waals surface area contributed by atoms with Gasteiger partial charge in [-0.2, -0.15) is 0 Å². The predicted octanol–water partition coefficient (Wildman–Crippen LogP) is 3.16. The fourth-order valence-corrected chi connectivity index (χ4v) is 3.59. The molecule has 1 aromatic carbocycles. The average molecular weight is 214 g/mol. The van der Waals surface area contributed by atoms with E-state index in [9.17, 15) is 4.79 Å². The van der Waals surface area contributed by atoms with Crippen LogP contribution in [0.25, 0.3) is 0 Å². The number of carbonyl (C=O) groups excluding carboxylic acids is 1. The Morgan fingerprint density at radius 2 is 1.81 bits per heavy atom. The first-order chi connectivity index (χ1) is 7.69. The molecule has 0 heterocycles. The van der Waals surface area contributed by atoms with E-state index in [1.54, 1.807) is 0 Å². The molecule has 0 bridgehead atoms. The molecule has 1 spiro atoms. The van der Waals surface area contributed by atoms with Gasteiger partial charge in [0.15, 0.2) is 0 Å². The van der Waals surface area contributed by atoms with E-state index >= 15 is 0 Å². The Morgan fingerprint density at radius 1 is 1.19 bits per heavy atom. The molecular weight excluding hydrogens is 196 g/mol. The number of rotatable bonds is 0. The highest BCUT2D eigenvalue weighted by Gasteiger charge is 2.42. The Hall–Kier alpha value is -1.11. The summed E-state index contributed by atoms with van der Waals surface area (Å²) in [7, 11) is 0. The summed E-state index contributed by atoms with van der Waals surface area (Å²) in [6, 6.07) is 8.78. The molecular formula is C15H18O. The third-order valence-corrected chi connectivity index (χ3v) is 4.44. The lowest BCUT2D eigenvalue weighted by molar-refractivity contribution is -0.126. The molecule has 1 saturated carbocycles. The first-order valence-electron chi connectivity index (χ1n) is 6.28. The van der Waals surface area contributed by atoms with Crippen molar-refractivity contribution in [2.24, 2.45) is 11.3 Å². The third kappa shape index (κ3) is 1.50. The number of carbonyl (C=O) groups is 1. The van der Waals surface area contributed by atoms with E-state index in [1.165, 1.54) is 24.0 Å². The quantitative estimate of drug-likeness (QED) is 0.648. The zero-order valence-electron chi connectivity index (χ0n) is 9.83. The van der Waals surface area contributed by atoms with Gasteiger partial charge in [0.25, 0.3) is 0 Å². The minimum Gasteiger partial charge on any atom is -0.299 e. The molecule has 84 valence electrons. The highest BCUT2D eigenvalue weighted by molar-refractivity contribution is 5.81. The second-order valence-corrected chi connectivity index (χ2v) is 5.69. The smallest absolute Gasteiger partial charge is 0.135 e. The first kappa shape index (κ1) is 10.1. The lowest BCUT2D eigenvalue weighted by atomic mass is 9.68. The Morgan fingerprint density at radius 3 is 2.38 bits per heavy atom. The van der Waals surface area contributed by atoms with E-state index < -0.39 is 0 Å². The van der Waals surface area contributed by atoms with Gasteiger partial charge in [-0.1, -0.05) is 31.2 Å². The summed E-state index contributed by atoms with van der Waals surface area (Å²) in [6.07, 6.45) is 5.39. The van der Waals surface area contributed by atoms with Crippen LogP contribution in [0, 0.1) is 11.3 Å². The van der Waals surface area contributed by atoms with Crippen LogP contribution in [0.1, 0.15) is 37.3 Å². The van der Waals surface area contributed by atoms with E-state index in [0.717, 1.165) is 19.3 Å². The van der Waals surface area contributed by atoms with Crippen LogP contribution in [0.2, 0.25) is 0 Å². The van der Waals surface area contributed by atoms with Crippen molar-refractivity contribution in [2.75, 3.05) is 0 Å². The zero-order chi connectivity index (χ0) is 11.2. The van der Waals surface area contributed by atoms with Gasteiger partial charge < -0.3 is 0 Å². The van der Waals surface area contributed by atoms with E-state index in [0.29, 0.717) is 11.2 Å². The normalized spacial score (nSPS) is 27.1. The standard InChI is InChI=1S/C15H18O/c1-11-8-15(7-6-14(11)16)9-12-4-2-3-5-13(12)10-15/h2-5,11H,6-10H2,1H3. The molecule has 1 aromatic rings. The highest BCUT2D eigenvalue weighted by Crippen LogP contribution is 2.47. The second kappa shape index (κ2) is 3.44. The topological polar surface area (TPSA) is 17.1 Å². The predicted molar refractivity (Wildman–Crippen MR) is 64.3 cm³/mol. The SMILES string of the molecule is CC1CC2(CCC1=O)Cc1ccccc1C2. The van der Waals surface area contributed by atoms with E-state index in [2.05, 4.69) is 31.2 Å². The van der Waals surface area contributed by atoms with Gasteiger partial charge in [0.05, 0.1) is 0 Å². The van der Waals surface area contributed by atoms with E-state index in [-0.39, 0.29) is 5.92 Å². The lowest BCUT2D eigenvalue weighted by Gasteiger charge is -2.36. The van der Waals surface area contributed by atoms with Gasteiger partial charge in [0.1, 0.15) is 5.78 Å². The number of hydrogen-bond acceptors (Lipinski definition) is 1. The van der Waals surface area contributed by atoms with Gasteiger partial charge in [-0.15, -0.1) is 0 Å².